The van der Waals surface area contributed by atoms with Crippen LogP contribution in [0.2, 0.25) is 0 Å². The van der Waals surface area contributed by atoms with Crippen molar-refractivity contribution in [1.82, 2.24) is 4.31 Å². The van der Waals surface area contributed by atoms with Gasteiger partial charge in [0.2, 0.25) is 21.8 Å². The SMILES string of the molecule is CN(CC(=O)Nc1ccccc1C(=O)O)S(=O)(=O)c1ccc(-c2cccc(-c3cccc(-c4ccc(CCC(=O)Nc5ccccc5C(=O)O)cc4)c3)c2)cc1. The Morgan fingerprint density at radius 1 is 0.536 bits per heavy atom. The highest BCUT2D eigenvalue weighted by molar-refractivity contribution is 7.89. The summed E-state index contributed by atoms with van der Waals surface area (Å²) in [4.78, 5) is 48.1. The summed E-state index contributed by atoms with van der Waals surface area (Å²) in [5.41, 5.74) is 6.85. The number of amides is 2. The van der Waals surface area contributed by atoms with Gasteiger partial charge in [0.15, 0.2) is 0 Å². The number of hydrogen-bond donors (Lipinski definition) is 4. The Morgan fingerprint density at radius 3 is 1.45 bits per heavy atom. The Morgan fingerprint density at radius 2 is 0.964 bits per heavy atom. The van der Waals surface area contributed by atoms with Crippen LogP contribution in [0.1, 0.15) is 32.7 Å². The highest BCUT2D eigenvalue weighted by Crippen LogP contribution is 2.31. The van der Waals surface area contributed by atoms with E-state index in [1.165, 1.54) is 43.4 Å². The van der Waals surface area contributed by atoms with E-state index in [1.807, 2.05) is 66.7 Å². The number of carbonyl (C=O) groups excluding carboxylic acids is 2. The van der Waals surface area contributed by atoms with E-state index < -0.39 is 34.4 Å². The summed E-state index contributed by atoms with van der Waals surface area (Å²) in [5, 5.41) is 23.9. The zero-order valence-electron chi connectivity index (χ0n) is 30.2. The number of para-hydroxylation sites is 2. The Balaban J connectivity index is 1.09. The highest BCUT2D eigenvalue weighted by Gasteiger charge is 2.24. The van der Waals surface area contributed by atoms with Gasteiger partial charge in [-0.15, -0.1) is 0 Å². The van der Waals surface area contributed by atoms with Gasteiger partial charge in [-0.25, -0.2) is 18.0 Å². The number of benzene rings is 6. The molecule has 0 spiro atoms. The van der Waals surface area contributed by atoms with Gasteiger partial charge in [-0.2, -0.15) is 4.31 Å². The van der Waals surface area contributed by atoms with Gasteiger partial charge in [-0.05, 0) is 93.9 Å². The van der Waals surface area contributed by atoms with Gasteiger partial charge in [0.25, 0.3) is 0 Å². The molecule has 0 atom stereocenters. The van der Waals surface area contributed by atoms with Crippen molar-refractivity contribution < 1.29 is 37.8 Å². The van der Waals surface area contributed by atoms with Crippen molar-refractivity contribution in [3.8, 4) is 33.4 Å². The van der Waals surface area contributed by atoms with Crippen LogP contribution in [0.3, 0.4) is 0 Å². The van der Waals surface area contributed by atoms with Crippen molar-refractivity contribution in [3.63, 3.8) is 0 Å². The first kappa shape index (κ1) is 38.8. The zero-order chi connectivity index (χ0) is 39.8. The number of hydrogen-bond acceptors (Lipinski definition) is 6. The van der Waals surface area contributed by atoms with Crippen LogP contribution in [0.25, 0.3) is 33.4 Å². The van der Waals surface area contributed by atoms with Crippen LogP contribution in [0.5, 0.6) is 0 Å². The molecule has 0 radical (unpaired) electrons. The number of carboxylic acids is 2. The summed E-state index contributed by atoms with van der Waals surface area (Å²) in [5.74, 6) is -3.27. The lowest BCUT2D eigenvalue weighted by atomic mass is 9.95. The minimum Gasteiger partial charge on any atom is -0.478 e. The highest BCUT2D eigenvalue weighted by atomic mass is 32.2. The second-order valence-corrected chi connectivity index (χ2v) is 15.0. The summed E-state index contributed by atoms with van der Waals surface area (Å²) in [6, 6.07) is 42.5. The topological polar surface area (TPSA) is 170 Å². The molecule has 0 saturated carbocycles. The Labute approximate surface area is 323 Å². The van der Waals surface area contributed by atoms with Crippen LogP contribution in [0, 0.1) is 0 Å². The smallest absolute Gasteiger partial charge is 0.337 e. The Hall–Kier alpha value is -6.89. The molecule has 0 aromatic heterocycles. The molecule has 0 heterocycles. The maximum Gasteiger partial charge on any atom is 0.337 e. The number of nitrogens with zero attached hydrogens (tertiary/aromatic N) is 1. The number of aryl methyl sites for hydroxylation is 1. The van der Waals surface area contributed by atoms with Crippen LogP contribution in [0.15, 0.2) is 150 Å². The lowest BCUT2D eigenvalue weighted by Crippen LogP contribution is -2.35. The van der Waals surface area contributed by atoms with Crippen LogP contribution >= 0.6 is 0 Å². The van der Waals surface area contributed by atoms with Gasteiger partial charge in [0.1, 0.15) is 0 Å². The number of anilines is 2. The average molecular weight is 768 g/mol. The fourth-order valence-electron chi connectivity index (χ4n) is 6.12. The third-order valence-electron chi connectivity index (χ3n) is 9.11. The predicted octanol–water partition coefficient (Wildman–Crippen LogP) is 7.91. The second-order valence-electron chi connectivity index (χ2n) is 12.9. The van der Waals surface area contributed by atoms with E-state index >= 15 is 0 Å². The molecule has 12 heteroatoms. The molecule has 0 bridgehead atoms. The van der Waals surface area contributed by atoms with E-state index in [-0.39, 0.29) is 39.7 Å². The average Bonchev–Trinajstić information content (AvgIpc) is 3.20. The monoisotopic (exact) mass is 767 g/mol. The number of likely N-dealkylation sites (N-methyl/N-ethyl adjacent to an activating group) is 1. The summed E-state index contributed by atoms with van der Waals surface area (Å²) in [6.45, 7) is -0.518. The molecule has 56 heavy (non-hydrogen) atoms. The molecule has 0 aliphatic rings. The van der Waals surface area contributed by atoms with E-state index in [9.17, 15) is 37.8 Å². The summed E-state index contributed by atoms with van der Waals surface area (Å²) >= 11 is 0. The minimum atomic E-state index is -4.04. The summed E-state index contributed by atoms with van der Waals surface area (Å²) in [6.07, 6.45) is 0.682. The van der Waals surface area contributed by atoms with Crippen molar-refractivity contribution in [2.75, 3.05) is 24.2 Å². The maximum absolute atomic E-state index is 13.3. The number of nitrogens with one attached hydrogen (secondary N) is 2. The number of carbonyl (C=O) groups is 4. The standard InChI is InChI=1S/C44H37N3O8S/c1-47(28-42(49)46-40-15-5-3-13-38(40)44(52)53)56(54,55)36-23-21-31(22-24-36)33-9-7-11-35(27-33)34-10-6-8-32(26-34)30-19-16-29(17-20-30)18-25-41(48)45-39-14-4-2-12-37(39)43(50)51/h2-17,19-24,26-27H,18,25,28H2,1H3,(H,45,48)(H,46,49)(H,50,51)(H,52,53). The fourth-order valence-corrected chi connectivity index (χ4v) is 7.25. The molecule has 0 aliphatic carbocycles. The molecular weight excluding hydrogens is 731 g/mol. The number of sulfonamides is 1. The molecule has 0 fully saturated rings. The molecule has 11 nitrogen and oxygen atoms in total. The third-order valence-corrected chi connectivity index (χ3v) is 10.9. The summed E-state index contributed by atoms with van der Waals surface area (Å²) < 4.78 is 27.5. The van der Waals surface area contributed by atoms with E-state index in [0.717, 1.165) is 43.2 Å². The quantitative estimate of drug-likeness (QED) is 0.0867. The molecule has 4 N–H and O–H groups in total. The van der Waals surface area contributed by atoms with Gasteiger partial charge in [-0.1, -0.05) is 97.1 Å². The molecular formula is C44H37N3O8S. The molecule has 2 amide bonds. The first-order valence-electron chi connectivity index (χ1n) is 17.5. The van der Waals surface area contributed by atoms with Crippen LogP contribution in [-0.4, -0.2) is 60.3 Å². The largest absolute Gasteiger partial charge is 0.478 e. The van der Waals surface area contributed by atoms with E-state index in [0.29, 0.717) is 6.42 Å². The molecule has 0 aliphatic heterocycles. The van der Waals surface area contributed by atoms with E-state index in [4.69, 9.17) is 0 Å². The summed E-state index contributed by atoms with van der Waals surface area (Å²) in [7, 11) is -2.75. The lowest BCUT2D eigenvalue weighted by Gasteiger charge is -2.17. The predicted molar refractivity (Wildman–Crippen MR) is 215 cm³/mol. The van der Waals surface area contributed by atoms with Crippen LogP contribution < -0.4 is 10.6 Å². The zero-order valence-corrected chi connectivity index (χ0v) is 31.0. The lowest BCUT2D eigenvalue weighted by molar-refractivity contribution is -0.117. The van der Waals surface area contributed by atoms with Crippen molar-refractivity contribution >= 4 is 45.2 Å². The van der Waals surface area contributed by atoms with Gasteiger partial charge in [0.05, 0.1) is 33.9 Å². The third kappa shape index (κ3) is 9.24. The molecule has 6 aromatic rings. The molecule has 0 unspecified atom stereocenters. The van der Waals surface area contributed by atoms with E-state index in [2.05, 4.69) is 16.7 Å². The number of aromatic carboxylic acids is 2. The number of carboxylic acid groups (broad SMARTS) is 2. The second kappa shape index (κ2) is 17.1. The number of rotatable bonds is 14. The van der Waals surface area contributed by atoms with Crippen LogP contribution in [-0.2, 0) is 26.0 Å². The van der Waals surface area contributed by atoms with Crippen molar-refractivity contribution in [2.45, 2.75) is 17.7 Å². The molecule has 6 aromatic carbocycles. The van der Waals surface area contributed by atoms with Gasteiger partial charge < -0.3 is 20.8 Å². The maximum atomic E-state index is 13.3. The van der Waals surface area contributed by atoms with Crippen molar-refractivity contribution in [2.24, 2.45) is 0 Å². The normalized spacial score (nSPS) is 11.2. The van der Waals surface area contributed by atoms with Crippen LogP contribution in [0.4, 0.5) is 11.4 Å². The minimum absolute atomic E-state index is 0.00198. The van der Waals surface area contributed by atoms with Crippen molar-refractivity contribution in [3.05, 3.63) is 162 Å². The fraction of sp³-hybridized carbons (Fsp3) is 0.0909. The Bertz CT molecular complexity index is 2540. The first-order chi connectivity index (χ1) is 26.9. The molecule has 282 valence electrons. The van der Waals surface area contributed by atoms with Gasteiger partial charge >= 0.3 is 11.9 Å². The molecule has 0 saturated heterocycles. The Kier molecular flexibility index (Phi) is 11.8. The molecule has 6 rings (SSSR count). The van der Waals surface area contributed by atoms with E-state index in [1.54, 1.807) is 36.4 Å². The van der Waals surface area contributed by atoms with Gasteiger partial charge in [0, 0.05) is 13.5 Å². The van der Waals surface area contributed by atoms with Crippen molar-refractivity contribution in [1.29, 1.82) is 0 Å². The first-order valence-corrected chi connectivity index (χ1v) is 18.9. The van der Waals surface area contributed by atoms with Gasteiger partial charge in [-0.3, -0.25) is 9.59 Å².